The minimum Gasteiger partial charge on any atom is -0.123 e. The second-order valence-corrected chi connectivity index (χ2v) is 4.09. The third-order valence-electron chi connectivity index (χ3n) is 1.85. The van der Waals surface area contributed by atoms with Crippen LogP contribution in [0, 0.1) is 11.8 Å². The van der Waals surface area contributed by atoms with Gasteiger partial charge in [-0.05, 0) is 24.7 Å². The highest BCUT2D eigenvalue weighted by Crippen LogP contribution is 2.20. The molecule has 0 N–H and O–H groups in total. The Balaban J connectivity index is 3.50. The van der Waals surface area contributed by atoms with Gasteiger partial charge in [-0.25, -0.2) is 0 Å². The molecule has 0 aromatic rings. The molecule has 0 aliphatic rings. The molecule has 0 aliphatic carbocycles. The highest BCUT2D eigenvalue weighted by molar-refractivity contribution is 6.20. The maximum atomic E-state index is 6.06. The van der Waals surface area contributed by atoms with Crippen molar-refractivity contribution in [3.8, 4) is 0 Å². The lowest BCUT2D eigenvalue weighted by Crippen LogP contribution is -2.12. The Kier molecular flexibility index (Phi) is 5.15. The molecule has 1 heteroatoms. The van der Waals surface area contributed by atoms with Gasteiger partial charge in [0.2, 0.25) is 0 Å². The molecule has 2 atom stereocenters. The molecule has 0 radical (unpaired) electrons. The zero-order valence-electron chi connectivity index (χ0n) is 7.52. The third kappa shape index (κ3) is 4.16. The smallest absolute Gasteiger partial charge is 0.0359 e. The maximum absolute atomic E-state index is 6.06. The van der Waals surface area contributed by atoms with E-state index in [4.69, 9.17) is 11.6 Å². The third-order valence-corrected chi connectivity index (χ3v) is 2.59. The van der Waals surface area contributed by atoms with E-state index in [0.717, 1.165) is 12.3 Å². The lowest BCUT2D eigenvalue weighted by Gasteiger charge is -2.17. The van der Waals surface area contributed by atoms with Gasteiger partial charge in [-0.2, -0.15) is 0 Å². The molecule has 0 saturated carbocycles. The zero-order valence-corrected chi connectivity index (χ0v) is 8.28. The fourth-order valence-electron chi connectivity index (χ4n) is 1.29. The van der Waals surface area contributed by atoms with E-state index in [1.807, 2.05) is 0 Å². The van der Waals surface area contributed by atoms with Crippen molar-refractivity contribution in [2.75, 3.05) is 0 Å². The van der Waals surface area contributed by atoms with Crippen LogP contribution in [0.3, 0.4) is 0 Å². The minimum absolute atomic E-state index is 0.377. The number of hydrogen-bond acceptors (Lipinski definition) is 0. The Morgan fingerprint density at radius 2 is 1.70 bits per heavy atom. The predicted octanol–water partition coefficient (Wildman–Crippen LogP) is 3.69. The predicted molar refractivity (Wildman–Crippen MR) is 48.6 cm³/mol. The second-order valence-electron chi connectivity index (χ2n) is 3.53. The van der Waals surface area contributed by atoms with Gasteiger partial charge in [0, 0.05) is 5.38 Å². The van der Waals surface area contributed by atoms with Crippen LogP contribution in [0.5, 0.6) is 0 Å². The molecule has 0 heterocycles. The monoisotopic (exact) mass is 162 g/mol. The summed E-state index contributed by atoms with van der Waals surface area (Å²) < 4.78 is 0. The molecule has 2 unspecified atom stereocenters. The van der Waals surface area contributed by atoms with Crippen molar-refractivity contribution in [3.05, 3.63) is 0 Å². The Labute approximate surface area is 70.0 Å². The highest BCUT2D eigenvalue weighted by Gasteiger charge is 2.12. The summed E-state index contributed by atoms with van der Waals surface area (Å²) in [6, 6.07) is 0. The van der Waals surface area contributed by atoms with Gasteiger partial charge in [0.1, 0.15) is 0 Å². The van der Waals surface area contributed by atoms with Crippen LogP contribution in [-0.4, -0.2) is 5.38 Å². The summed E-state index contributed by atoms with van der Waals surface area (Å²) in [6.07, 6.45) is 2.34. The Morgan fingerprint density at radius 3 is 2.00 bits per heavy atom. The standard InChI is InChI=1S/C9H19Cl/c1-5-9(10)8(4)6-7(2)3/h7-9H,5-6H2,1-4H3. The van der Waals surface area contributed by atoms with Crippen LogP contribution >= 0.6 is 11.6 Å². The second kappa shape index (κ2) is 5.01. The Bertz CT molecular complexity index is 78.8. The van der Waals surface area contributed by atoms with Crippen LogP contribution in [0.1, 0.15) is 40.5 Å². The largest absolute Gasteiger partial charge is 0.123 e. The van der Waals surface area contributed by atoms with E-state index in [2.05, 4.69) is 27.7 Å². The van der Waals surface area contributed by atoms with Crippen molar-refractivity contribution in [2.45, 2.75) is 45.9 Å². The Morgan fingerprint density at radius 1 is 1.20 bits per heavy atom. The van der Waals surface area contributed by atoms with Gasteiger partial charge in [-0.15, -0.1) is 11.6 Å². The lowest BCUT2D eigenvalue weighted by atomic mass is 9.95. The molecule has 10 heavy (non-hydrogen) atoms. The maximum Gasteiger partial charge on any atom is 0.0359 e. The average Bonchev–Trinajstić information content (AvgIpc) is 1.85. The lowest BCUT2D eigenvalue weighted by molar-refractivity contribution is 0.417. The number of halogens is 1. The SMILES string of the molecule is CCC(Cl)C(C)CC(C)C. The van der Waals surface area contributed by atoms with Crippen molar-refractivity contribution in [1.29, 1.82) is 0 Å². The molecule has 0 rings (SSSR count). The summed E-state index contributed by atoms with van der Waals surface area (Å²) >= 11 is 6.06. The van der Waals surface area contributed by atoms with Crippen molar-refractivity contribution in [3.63, 3.8) is 0 Å². The summed E-state index contributed by atoms with van der Waals surface area (Å²) in [5.74, 6) is 1.45. The number of hydrogen-bond donors (Lipinski definition) is 0. The topological polar surface area (TPSA) is 0 Å². The van der Waals surface area contributed by atoms with Crippen LogP contribution in [-0.2, 0) is 0 Å². The highest BCUT2D eigenvalue weighted by atomic mass is 35.5. The van der Waals surface area contributed by atoms with Crippen molar-refractivity contribution in [2.24, 2.45) is 11.8 Å². The summed E-state index contributed by atoms with van der Waals surface area (Å²) in [4.78, 5) is 0. The van der Waals surface area contributed by atoms with Crippen LogP contribution in [0.2, 0.25) is 0 Å². The van der Waals surface area contributed by atoms with Crippen molar-refractivity contribution in [1.82, 2.24) is 0 Å². The first-order chi connectivity index (χ1) is 4.57. The van der Waals surface area contributed by atoms with Crippen LogP contribution < -0.4 is 0 Å². The van der Waals surface area contributed by atoms with Crippen molar-refractivity contribution >= 4 is 11.6 Å². The molecule has 0 bridgehead atoms. The van der Waals surface area contributed by atoms with Crippen LogP contribution in [0.25, 0.3) is 0 Å². The molecule has 0 spiro atoms. The van der Waals surface area contributed by atoms with E-state index in [1.54, 1.807) is 0 Å². The summed E-state index contributed by atoms with van der Waals surface area (Å²) in [5.41, 5.74) is 0. The fraction of sp³-hybridized carbons (Fsp3) is 1.00. The zero-order chi connectivity index (χ0) is 8.15. The molecule has 0 aromatic heterocycles. The fourth-order valence-corrected chi connectivity index (χ4v) is 1.40. The summed E-state index contributed by atoms with van der Waals surface area (Å²) in [5, 5.41) is 0.377. The molecular formula is C9H19Cl. The van der Waals surface area contributed by atoms with E-state index in [1.165, 1.54) is 6.42 Å². The van der Waals surface area contributed by atoms with Gasteiger partial charge >= 0.3 is 0 Å². The first-order valence-electron chi connectivity index (χ1n) is 4.22. The van der Waals surface area contributed by atoms with Crippen LogP contribution in [0.15, 0.2) is 0 Å². The molecule has 0 aliphatic heterocycles. The first kappa shape index (κ1) is 10.3. The van der Waals surface area contributed by atoms with Gasteiger partial charge in [-0.3, -0.25) is 0 Å². The van der Waals surface area contributed by atoms with Gasteiger partial charge < -0.3 is 0 Å². The molecule has 0 nitrogen and oxygen atoms in total. The molecule has 0 fully saturated rings. The molecule has 62 valence electrons. The quantitative estimate of drug-likeness (QED) is 0.554. The van der Waals surface area contributed by atoms with E-state index < -0.39 is 0 Å². The van der Waals surface area contributed by atoms with E-state index >= 15 is 0 Å². The number of rotatable bonds is 4. The van der Waals surface area contributed by atoms with Crippen LogP contribution in [0.4, 0.5) is 0 Å². The summed E-state index contributed by atoms with van der Waals surface area (Å²) in [6.45, 7) is 8.88. The Hall–Kier alpha value is 0.290. The van der Waals surface area contributed by atoms with Gasteiger partial charge in [0.15, 0.2) is 0 Å². The van der Waals surface area contributed by atoms with E-state index in [-0.39, 0.29) is 0 Å². The number of alkyl halides is 1. The van der Waals surface area contributed by atoms with E-state index in [0.29, 0.717) is 11.3 Å². The normalized spacial score (nSPS) is 17.4. The first-order valence-corrected chi connectivity index (χ1v) is 4.65. The average molecular weight is 163 g/mol. The molecular weight excluding hydrogens is 144 g/mol. The van der Waals surface area contributed by atoms with Gasteiger partial charge in [0.05, 0.1) is 0 Å². The minimum atomic E-state index is 0.377. The van der Waals surface area contributed by atoms with E-state index in [9.17, 15) is 0 Å². The molecule has 0 saturated heterocycles. The molecule has 0 aromatic carbocycles. The van der Waals surface area contributed by atoms with Gasteiger partial charge in [-0.1, -0.05) is 27.7 Å². The molecule has 0 amide bonds. The summed E-state index contributed by atoms with van der Waals surface area (Å²) in [7, 11) is 0. The van der Waals surface area contributed by atoms with Gasteiger partial charge in [0.25, 0.3) is 0 Å². The van der Waals surface area contributed by atoms with Crippen molar-refractivity contribution < 1.29 is 0 Å².